The predicted molar refractivity (Wildman–Crippen MR) is 227 cm³/mol. The Morgan fingerprint density at radius 2 is 1.57 bits per heavy atom. The van der Waals surface area contributed by atoms with Crippen LogP contribution in [-0.2, 0) is 11.3 Å². The molecule has 56 heavy (non-hydrogen) atoms. The Balaban J connectivity index is 0.872. The summed E-state index contributed by atoms with van der Waals surface area (Å²) in [6.45, 7) is 15.6. The lowest BCUT2D eigenvalue weighted by Crippen LogP contribution is -2.51. The first-order valence-electron chi connectivity index (χ1n) is 22.8. The standard InChI is InChI=1S/C49H74N2O5/c1-34(2)16-15-17-35(3)42-24-25-43-41-23-20-38-32-40(26-28-48(38,5)44(41)27-29-49(42,43)6)56-46(53)37-18-21-39(22-19-37)55-31-14-12-10-8-7-9-11-13-30-51-33-36(4)45(52)50-47(51)54/h18-22,33-35,40-44H,7-17,23-32H2,1-6H3,(H,50,52,54)/t35-,40+,41+,42-,43+,44+,48+,49-/m1/s1. The molecule has 310 valence electrons. The molecule has 0 radical (unpaired) electrons. The average molecular weight is 771 g/mol. The molecule has 4 aliphatic carbocycles. The van der Waals surface area contributed by atoms with Gasteiger partial charge in [0, 0.05) is 24.7 Å². The number of benzene rings is 1. The van der Waals surface area contributed by atoms with Gasteiger partial charge in [-0.3, -0.25) is 9.78 Å². The zero-order valence-corrected chi connectivity index (χ0v) is 35.8. The normalized spacial score (nSPS) is 28.9. The van der Waals surface area contributed by atoms with E-state index in [0.717, 1.165) is 92.6 Å². The predicted octanol–water partition coefficient (Wildman–Crippen LogP) is 11.6. The number of nitrogens with one attached hydrogen (secondary N) is 1. The van der Waals surface area contributed by atoms with E-state index in [-0.39, 0.29) is 28.7 Å². The van der Waals surface area contributed by atoms with E-state index in [1.807, 2.05) is 24.3 Å². The van der Waals surface area contributed by atoms with Crippen molar-refractivity contribution in [2.24, 2.45) is 46.3 Å². The lowest BCUT2D eigenvalue weighted by Gasteiger charge is -2.58. The highest BCUT2D eigenvalue weighted by Crippen LogP contribution is 2.67. The molecule has 0 unspecified atom stereocenters. The van der Waals surface area contributed by atoms with Gasteiger partial charge < -0.3 is 14.0 Å². The van der Waals surface area contributed by atoms with Crippen LogP contribution < -0.4 is 16.0 Å². The number of hydrogen-bond donors (Lipinski definition) is 1. The van der Waals surface area contributed by atoms with E-state index in [1.165, 1.54) is 70.6 Å². The topological polar surface area (TPSA) is 90.4 Å². The Morgan fingerprint density at radius 3 is 2.30 bits per heavy atom. The lowest BCUT2D eigenvalue weighted by molar-refractivity contribution is -0.0594. The molecule has 7 nitrogen and oxygen atoms in total. The maximum Gasteiger partial charge on any atom is 0.338 e. The molecule has 0 saturated heterocycles. The van der Waals surface area contributed by atoms with Crippen LogP contribution in [0.25, 0.3) is 0 Å². The van der Waals surface area contributed by atoms with Crippen LogP contribution in [0.5, 0.6) is 5.75 Å². The average Bonchev–Trinajstić information content (AvgIpc) is 3.53. The van der Waals surface area contributed by atoms with Crippen LogP contribution in [0.2, 0.25) is 0 Å². The summed E-state index contributed by atoms with van der Waals surface area (Å²) in [6, 6.07) is 7.50. The van der Waals surface area contributed by atoms with Gasteiger partial charge in [-0.1, -0.05) is 104 Å². The molecule has 7 heteroatoms. The SMILES string of the molecule is Cc1cn(CCCCCCCCCCOc2ccc(C(=O)O[C@H]3CC[C@@]4(C)C(=CC[C@H]5[C@@H]6CC[C@H]([C@H](C)CCCC(C)C)[C@@]6(C)CC[C@@H]54)C3)cc2)c(=O)[nH]c1=O. The van der Waals surface area contributed by atoms with E-state index in [2.05, 4.69) is 45.7 Å². The molecule has 8 atom stereocenters. The summed E-state index contributed by atoms with van der Waals surface area (Å²) in [5.41, 5.74) is 2.88. The fourth-order valence-corrected chi connectivity index (χ4v) is 12.1. The van der Waals surface area contributed by atoms with Gasteiger partial charge in [0.15, 0.2) is 0 Å². The van der Waals surface area contributed by atoms with Crippen molar-refractivity contribution in [2.45, 2.75) is 176 Å². The van der Waals surface area contributed by atoms with Gasteiger partial charge >= 0.3 is 11.7 Å². The molecule has 0 amide bonds. The second-order valence-electron chi connectivity index (χ2n) is 19.5. The number of hydrogen-bond acceptors (Lipinski definition) is 5. The van der Waals surface area contributed by atoms with Gasteiger partial charge in [0.25, 0.3) is 5.56 Å². The van der Waals surface area contributed by atoms with E-state index < -0.39 is 0 Å². The number of esters is 1. The molecule has 3 saturated carbocycles. The third-order valence-corrected chi connectivity index (χ3v) is 15.4. The number of nitrogens with zero attached hydrogens (tertiary/aromatic N) is 1. The second kappa shape index (κ2) is 19.1. The molecule has 0 bridgehead atoms. The highest BCUT2D eigenvalue weighted by molar-refractivity contribution is 5.89. The number of aryl methyl sites for hydroxylation is 2. The summed E-state index contributed by atoms with van der Waals surface area (Å²) in [7, 11) is 0. The van der Waals surface area contributed by atoms with E-state index in [4.69, 9.17) is 9.47 Å². The number of allylic oxidation sites excluding steroid dienone is 1. The van der Waals surface area contributed by atoms with Crippen LogP contribution in [0.4, 0.5) is 0 Å². The van der Waals surface area contributed by atoms with E-state index in [1.54, 1.807) is 23.3 Å². The first kappa shape index (κ1) is 42.5. The molecule has 1 aromatic carbocycles. The maximum absolute atomic E-state index is 13.3. The van der Waals surface area contributed by atoms with Crippen molar-refractivity contribution in [3.05, 3.63) is 74.1 Å². The minimum absolute atomic E-state index is 0.0386. The van der Waals surface area contributed by atoms with Crippen molar-refractivity contribution >= 4 is 5.97 Å². The highest BCUT2D eigenvalue weighted by Gasteiger charge is 2.59. The Labute approximate surface area is 337 Å². The van der Waals surface area contributed by atoms with Crippen molar-refractivity contribution in [1.82, 2.24) is 9.55 Å². The van der Waals surface area contributed by atoms with Gasteiger partial charge in [-0.15, -0.1) is 0 Å². The summed E-state index contributed by atoms with van der Waals surface area (Å²) in [5, 5.41) is 0. The number of fused-ring (bicyclic) bond motifs is 5. The van der Waals surface area contributed by atoms with Gasteiger partial charge in [-0.25, -0.2) is 9.59 Å². The number of unbranched alkanes of at least 4 members (excludes halogenated alkanes) is 7. The lowest BCUT2D eigenvalue weighted by atomic mass is 9.47. The third kappa shape index (κ3) is 9.95. The maximum atomic E-state index is 13.3. The summed E-state index contributed by atoms with van der Waals surface area (Å²) in [6.07, 6.45) is 27.1. The van der Waals surface area contributed by atoms with Crippen LogP contribution in [0, 0.1) is 53.3 Å². The number of rotatable bonds is 19. The van der Waals surface area contributed by atoms with Crippen LogP contribution in [0.3, 0.4) is 0 Å². The largest absolute Gasteiger partial charge is 0.494 e. The zero-order chi connectivity index (χ0) is 39.9. The number of aromatic nitrogens is 2. The number of carbonyl (C=O) groups excluding carboxylic acids is 1. The van der Waals surface area contributed by atoms with Gasteiger partial charge in [-0.2, -0.15) is 0 Å². The van der Waals surface area contributed by atoms with Crippen molar-refractivity contribution in [3.63, 3.8) is 0 Å². The van der Waals surface area contributed by atoms with Gasteiger partial charge in [0.2, 0.25) is 0 Å². The van der Waals surface area contributed by atoms with Crippen molar-refractivity contribution in [3.8, 4) is 5.75 Å². The number of H-pyrrole nitrogens is 1. The number of carbonyl (C=O) groups is 1. The van der Waals surface area contributed by atoms with Crippen molar-refractivity contribution in [2.75, 3.05) is 6.61 Å². The summed E-state index contributed by atoms with van der Waals surface area (Å²) in [4.78, 5) is 39.1. The number of ether oxygens (including phenoxy) is 2. The van der Waals surface area contributed by atoms with Crippen LogP contribution in [0.1, 0.15) is 173 Å². The fourth-order valence-electron chi connectivity index (χ4n) is 12.1. The van der Waals surface area contributed by atoms with Gasteiger partial charge in [-0.05, 0) is 135 Å². The third-order valence-electron chi connectivity index (χ3n) is 15.4. The monoisotopic (exact) mass is 771 g/mol. The van der Waals surface area contributed by atoms with E-state index in [0.29, 0.717) is 29.7 Å². The molecule has 1 aromatic heterocycles. The smallest absolute Gasteiger partial charge is 0.338 e. The fraction of sp³-hybridized carbons (Fsp3) is 0.735. The summed E-state index contributed by atoms with van der Waals surface area (Å²) < 4.78 is 13.8. The molecule has 3 fully saturated rings. The Bertz CT molecular complexity index is 1740. The first-order chi connectivity index (χ1) is 26.9. The minimum Gasteiger partial charge on any atom is -0.494 e. The molecule has 6 rings (SSSR count). The Kier molecular flexibility index (Phi) is 14.5. The number of aromatic amines is 1. The molecule has 1 N–H and O–H groups in total. The quantitative estimate of drug-likeness (QED) is 0.0873. The zero-order valence-electron chi connectivity index (χ0n) is 35.8. The Hall–Kier alpha value is -3.09. The molecule has 2 aromatic rings. The Morgan fingerprint density at radius 1 is 0.857 bits per heavy atom. The second-order valence-corrected chi connectivity index (χ2v) is 19.5. The molecule has 1 heterocycles. The molecule has 4 aliphatic rings. The van der Waals surface area contributed by atoms with Gasteiger partial charge in [0.05, 0.1) is 12.2 Å². The first-order valence-corrected chi connectivity index (χ1v) is 22.8. The summed E-state index contributed by atoms with van der Waals surface area (Å²) >= 11 is 0. The highest BCUT2D eigenvalue weighted by atomic mass is 16.5. The van der Waals surface area contributed by atoms with Crippen LogP contribution in [-0.4, -0.2) is 28.2 Å². The van der Waals surface area contributed by atoms with E-state index in [9.17, 15) is 14.4 Å². The van der Waals surface area contributed by atoms with E-state index >= 15 is 0 Å². The van der Waals surface area contributed by atoms with Crippen LogP contribution in [0.15, 0.2) is 51.7 Å². The molecule has 0 spiro atoms. The van der Waals surface area contributed by atoms with Crippen LogP contribution >= 0.6 is 0 Å². The molecular weight excluding hydrogens is 697 g/mol. The van der Waals surface area contributed by atoms with Crippen molar-refractivity contribution in [1.29, 1.82) is 0 Å². The molecule has 0 aliphatic heterocycles. The van der Waals surface area contributed by atoms with Gasteiger partial charge in [0.1, 0.15) is 11.9 Å². The minimum atomic E-state index is -0.321. The van der Waals surface area contributed by atoms with Crippen molar-refractivity contribution < 1.29 is 14.3 Å². The summed E-state index contributed by atoms with van der Waals surface area (Å²) in [5.74, 6) is 5.59. The molecular formula is C49H74N2O5.